The number of hydrazone groups is 1. The molecular weight excluding hydrogens is 403 g/mol. The molecule has 0 aromatic heterocycles. The van der Waals surface area contributed by atoms with Crippen molar-refractivity contribution in [2.45, 2.75) is 58.7 Å². The quantitative estimate of drug-likeness (QED) is 0.485. The lowest BCUT2D eigenvalue weighted by molar-refractivity contribution is -0.137. The number of fused-ring (bicyclic) bond motifs is 1. The first kappa shape index (κ1) is 22.8. The lowest BCUT2D eigenvalue weighted by Gasteiger charge is -2.47. The van der Waals surface area contributed by atoms with Crippen LogP contribution in [-0.4, -0.2) is 24.2 Å². The first-order valence-electron chi connectivity index (χ1n) is 10.4. The molecule has 1 heterocycles. The molecule has 1 atom stereocenters. The van der Waals surface area contributed by atoms with Gasteiger partial charge in [0.1, 0.15) is 0 Å². The molecule has 166 valence electrons. The van der Waals surface area contributed by atoms with Gasteiger partial charge in [0.05, 0.1) is 11.8 Å². The summed E-state index contributed by atoms with van der Waals surface area (Å²) in [5, 5.41) is 3.99. The van der Waals surface area contributed by atoms with Gasteiger partial charge in [-0.25, -0.2) is 5.43 Å². The number of halogens is 3. The Balaban J connectivity index is 1.81. The molecule has 7 heteroatoms. The van der Waals surface area contributed by atoms with Crippen molar-refractivity contribution in [1.29, 1.82) is 0 Å². The van der Waals surface area contributed by atoms with Crippen molar-refractivity contribution in [2.75, 3.05) is 11.4 Å². The van der Waals surface area contributed by atoms with E-state index in [1.165, 1.54) is 23.4 Å². The molecule has 31 heavy (non-hydrogen) atoms. The minimum absolute atomic E-state index is 0.0716. The van der Waals surface area contributed by atoms with Crippen LogP contribution in [0.25, 0.3) is 0 Å². The summed E-state index contributed by atoms with van der Waals surface area (Å²) in [5.74, 6) is -0.314. The number of hydrogen-bond acceptors (Lipinski definition) is 3. The molecule has 1 unspecified atom stereocenters. The second-order valence-electron chi connectivity index (χ2n) is 8.71. The minimum Gasteiger partial charge on any atom is -0.366 e. The highest BCUT2D eigenvalue weighted by atomic mass is 19.4. The standard InChI is InChI=1S/C24H28F3N3O/c1-6-30-21-10-15(2)18(12-20(21)16(3)13-23(30,4)5)14-28-29-22(31)17-8-7-9-19(11-17)24(25,26)27/h7-12,14,16H,6,13H2,1-5H3,(H,29,31)/b28-14+. The molecule has 4 nitrogen and oxygen atoms in total. The maximum atomic E-state index is 12.9. The number of amides is 1. The number of alkyl halides is 3. The number of carbonyl (C=O) groups is 1. The predicted molar refractivity (Wildman–Crippen MR) is 118 cm³/mol. The summed E-state index contributed by atoms with van der Waals surface area (Å²) in [4.78, 5) is 14.6. The zero-order chi connectivity index (χ0) is 23.0. The summed E-state index contributed by atoms with van der Waals surface area (Å²) in [7, 11) is 0. The van der Waals surface area contributed by atoms with Crippen LogP contribution in [0, 0.1) is 6.92 Å². The molecular formula is C24H28F3N3O. The van der Waals surface area contributed by atoms with Crippen molar-refractivity contribution in [3.8, 4) is 0 Å². The summed E-state index contributed by atoms with van der Waals surface area (Å²) in [6, 6.07) is 8.51. The lowest BCUT2D eigenvalue weighted by atomic mass is 9.79. The third kappa shape index (κ3) is 4.75. The van der Waals surface area contributed by atoms with Crippen LogP contribution in [0.2, 0.25) is 0 Å². The Morgan fingerprint density at radius 1 is 1.29 bits per heavy atom. The fraction of sp³-hybridized carbons (Fsp3) is 0.417. The molecule has 0 saturated heterocycles. The van der Waals surface area contributed by atoms with E-state index in [1.54, 1.807) is 6.21 Å². The van der Waals surface area contributed by atoms with Crippen LogP contribution in [-0.2, 0) is 6.18 Å². The molecule has 2 aromatic rings. The Labute approximate surface area is 181 Å². The van der Waals surface area contributed by atoms with Crippen LogP contribution in [0.5, 0.6) is 0 Å². The average Bonchev–Trinajstić information content (AvgIpc) is 2.68. The highest BCUT2D eigenvalue weighted by Crippen LogP contribution is 2.44. The van der Waals surface area contributed by atoms with E-state index in [-0.39, 0.29) is 11.1 Å². The number of nitrogens with one attached hydrogen (secondary N) is 1. The first-order valence-corrected chi connectivity index (χ1v) is 10.4. The molecule has 1 aliphatic heterocycles. The summed E-state index contributed by atoms with van der Waals surface area (Å²) in [6.07, 6.45) is -1.93. The number of anilines is 1. The average molecular weight is 432 g/mol. The normalized spacial score (nSPS) is 18.2. The number of nitrogens with zero attached hydrogens (tertiary/aromatic N) is 2. The van der Waals surface area contributed by atoms with Crippen molar-refractivity contribution in [3.63, 3.8) is 0 Å². The van der Waals surface area contributed by atoms with Crippen LogP contribution in [0.1, 0.15) is 72.6 Å². The van der Waals surface area contributed by atoms with Crippen LogP contribution in [0.15, 0.2) is 41.5 Å². The molecule has 0 radical (unpaired) electrons. The molecule has 0 aliphatic carbocycles. The van der Waals surface area contributed by atoms with Crippen molar-refractivity contribution < 1.29 is 18.0 Å². The van der Waals surface area contributed by atoms with Gasteiger partial charge in [0.25, 0.3) is 5.91 Å². The van der Waals surface area contributed by atoms with Gasteiger partial charge in [-0.3, -0.25) is 4.79 Å². The molecule has 0 bridgehead atoms. The fourth-order valence-corrected chi connectivity index (χ4v) is 4.45. The van der Waals surface area contributed by atoms with E-state index >= 15 is 0 Å². The SMILES string of the molecule is CCN1c2cc(C)c(/C=N/NC(=O)c3cccc(C(F)(F)F)c3)cc2C(C)CC1(C)C. The maximum Gasteiger partial charge on any atom is 0.416 e. The van der Waals surface area contributed by atoms with E-state index in [2.05, 4.69) is 55.3 Å². The maximum absolute atomic E-state index is 12.9. The Morgan fingerprint density at radius 3 is 2.65 bits per heavy atom. The molecule has 1 N–H and O–H groups in total. The number of benzene rings is 2. The molecule has 0 saturated carbocycles. The largest absolute Gasteiger partial charge is 0.416 e. The molecule has 0 spiro atoms. The van der Waals surface area contributed by atoms with Gasteiger partial charge in [-0.05, 0) is 87.1 Å². The van der Waals surface area contributed by atoms with Gasteiger partial charge in [0, 0.05) is 23.3 Å². The van der Waals surface area contributed by atoms with E-state index in [0.29, 0.717) is 5.92 Å². The number of carbonyl (C=O) groups excluding carboxylic acids is 1. The van der Waals surface area contributed by atoms with Gasteiger partial charge >= 0.3 is 6.18 Å². The van der Waals surface area contributed by atoms with Crippen LogP contribution >= 0.6 is 0 Å². The smallest absolute Gasteiger partial charge is 0.366 e. The van der Waals surface area contributed by atoms with Gasteiger partial charge in [0.2, 0.25) is 0 Å². The molecule has 2 aromatic carbocycles. The summed E-state index contributed by atoms with van der Waals surface area (Å²) >= 11 is 0. The van der Waals surface area contributed by atoms with Crippen molar-refractivity contribution in [3.05, 3.63) is 64.2 Å². The van der Waals surface area contributed by atoms with Gasteiger partial charge < -0.3 is 4.90 Å². The van der Waals surface area contributed by atoms with Gasteiger partial charge in [-0.1, -0.05) is 13.0 Å². The van der Waals surface area contributed by atoms with Crippen LogP contribution in [0.3, 0.4) is 0 Å². The second-order valence-corrected chi connectivity index (χ2v) is 8.71. The van der Waals surface area contributed by atoms with Gasteiger partial charge in [-0.15, -0.1) is 0 Å². The Hall–Kier alpha value is -2.83. The van der Waals surface area contributed by atoms with E-state index in [9.17, 15) is 18.0 Å². The van der Waals surface area contributed by atoms with Crippen LogP contribution in [0.4, 0.5) is 18.9 Å². The van der Waals surface area contributed by atoms with Crippen molar-refractivity contribution >= 4 is 17.8 Å². The summed E-state index contributed by atoms with van der Waals surface area (Å²) < 4.78 is 38.6. The number of hydrogen-bond donors (Lipinski definition) is 1. The highest BCUT2D eigenvalue weighted by Gasteiger charge is 2.35. The molecule has 1 amide bonds. The van der Waals surface area contributed by atoms with E-state index in [0.717, 1.165) is 36.2 Å². The zero-order valence-electron chi connectivity index (χ0n) is 18.5. The number of aryl methyl sites for hydroxylation is 1. The number of rotatable bonds is 4. The van der Waals surface area contributed by atoms with Crippen molar-refractivity contribution in [2.24, 2.45) is 5.10 Å². The minimum atomic E-state index is -4.50. The van der Waals surface area contributed by atoms with Gasteiger partial charge in [-0.2, -0.15) is 18.3 Å². The summed E-state index contributed by atoms with van der Waals surface area (Å²) in [5.41, 5.74) is 5.77. The third-order valence-corrected chi connectivity index (χ3v) is 5.91. The van der Waals surface area contributed by atoms with Gasteiger partial charge in [0.15, 0.2) is 0 Å². The second kappa shape index (κ2) is 8.36. The third-order valence-electron chi connectivity index (χ3n) is 5.91. The zero-order valence-corrected chi connectivity index (χ0v) is 18.5. The Bertz CT molecular complexity index is 1010. The lowest BCUT2D eigenvalue weighted by Crippen LogP contribution is -2.48. The van der Waals surface area contributed by atoms with E-state index in [1.807, 2.05) is 6.92 Å². The monoisotopic (exact) mass is 431 g/mol. The Morgan fingerprint density at radius 2 is 2.00 bits per heavy atom. The van der Waals surface area contributed by atoms with E-state index < -0.39 is 17.6 Å². The molecule has 3 rings (SSSR count). The Kier molecular flexibility index (Phi) is 6.16. The highest BCUT2D eigenvalue weighted by molar-refractivity contribution is 5.95. The van der Waals surface area contributed by atoms with Crippen LogP contribution < -0.4 is 10.3 Å². The fourth-order valence-electron chi connectivity index (χ4n) is 4.45. The molecule has 1 aliphatic rings. The van der Waals surface area contributed by atoms with Crippen molar-refractivity contribution in [1.82, 2.24) is 5.43 Å². The topological polar surface area (TPSA) is 44.7 Å². The first-order chi connectivity index (χ1) is 14.4. The van der Waals surface area contributed by atoms with E-state index in [4.69, 9.17) is 0 Å². The molecule has 0 fully saturated rings. The predicted octanol–water partition coefficient (Wildman–Crippen LogP) is 5.89. The summed E-state index contributed by atoms with van der Waals surface area (Å²) in [6.45, 7) is 11.8.